The van der Waals surface area contributed by atoms with Gasteiger partial charge in [0.25, 0.3) is 5.89 Å². The van der Waals surface area contributed by atoms with Crippen molar-refractivity contribution in [1.29, 1.82) is 0 Å². The van der Waals surface area contributed by atoms with Crippen molar-refractivity contribution in [3.05, 3.63) is 72.1 Å². The van der Waals surface area contributed by atoms with E-state index in [1.54, 1.807) is 31.5 Å². The van der Waals surface area contributed by atoms with Crippen LogP contribution in [0, 0.1) is 6.92 Å². The zero-order chi connectivity index (χ0) is 16.1. The molecular formula is C16H15N5O2. The zero-order valence-corrected chi connectivity index (χ0v) is 12.4. The molecule has 116 valence electrons. The predicted octanol–water partition coefficient (Wildman–Crippen LogP) is 2.68. The van der Waals surface area contributed by atoms with Crippen LogP contribution in [0.2, 0.25) is 0 Å². The van der Waals surface area contributed by atoms with Gasteiger partial charge in [-0.15, -0.1) is 0 Å². The van der Waals surface area contributed by atoms with Crippen molar-refractivity contribution in [1.82, 2.24) is 20.4 Å². The van der Waals surface area contributed by atoms with Gasteiger partial charge in [-0.25, -0.2) is 4.79 Å². The Hall–Kier alpha value is -3.22. The van der Waals surface area contributed by atoms with Gasteiger partial charge in [-0.2, -0.15) is 4.98 Å². The van der Waals surface area contributed by atoms with Crippen LogP contribution in [0.15, 0.2) is 59.4 Å². The fourth-order valence-corrected chi connectivity index (χ4v) is 2.10. The molecule has 2 N–H and O–H groups in total. The molecule has 7 heteroatoms. The van der Waals surface area contributed by atoms with Gasteiger partial charge in [0.15, 0.2) is 5.82 Å². The van der Waals surface area contributed by atoms with E-state index in [4.69, 9.17) is 4.52 Å². The molecule has 3 aromatic rings. The Morgan fingerprint density at radius 3 is 2.52 bits per heavy atom. The van der Waals surface area contributed by atoms with Gasteiger partial charge in [0.05, 0.1) is 0 Å². The number of carbonyl (C=O) groups excluding carboxylic acids is 1. The number of nitrogens with zero attached hydrogens (tertiary/aromatic N) is 3. The molecular weight excluding hydrogens is 294 g/mol. The summed E-state index contributed by atoms with van der Waals surface area (Å²) in [6.45, 7) is 1.73. The summed E-state index contributed by atoms with van der Waals surface area (Å²) in [4.78, 5) is 20.4. The van der Waals surface area contributed by atoms with Gasteiger partial charge < -0.3 is 15.2 Å². The third-order valence-corrected chi connectivity index (χ3v) is 3.14. The molecule has 0 unspecified atom stereocenters. The normalized spacial score (nSPS) is 11.7. The van der Waals surface area contributed by atoms with Crippen LogP contribution in [0.1, 0.15) is 23.3 Å². The van der Waals surface area contributed by atoms with E-state index in [0.29, 0.717) is 17.4 Å². The van der Waals surface area contributed by atoms with Gasteiger partial charge in [-0.3, -0.25) is 4.98 Å². The summed E-state index contributed by atoms with van der Waals surface area (Å²) in [7, 11) is 0. The first kappa shape index (κ1) is 14.7. The Bertz CT molecular complexity index is 773. The first-order valence-electron chi connectivity index (χ1n) is 7.05. The molecule has 0 spiro atoms. The maximum atomic E-state index is 12.2. The lowest BCUT2D eigenvalue weighted by molar-refractivity contribution is 0.247. The zero-order valence-electron chi connectivity index (χ0n) is 12.4. The summed E-state index contributed by atoms with van der Waals surface area (Å²) < 4.78 is 5.22. The number of amides is 2. The van der Waals surface area contributed by atoms with E-state index >= 15 is 0 Å². The number of urea groups is 1. The molecule has 2 aromatic heterocycles. The quantitative estimate of drug-likeness (QED) is 0.773. The van der Waals surface area contributed by atoms with E-state index < -0.39 is 6.04 Å². The number of pyridine rings is 1. The minimum Gasteiger partial charge on any atom is -0.337 e. The van der Waals surface area contributed by atoms with Crippen molar-refractivity contribution < 1.29 is 9.32 Å². The van der Waals surface area contributed by atoms with Crippen molar-refractivity contribution in [2.45, 2.75) is 13.0 Å². The van der Waals surface area contributed by atoms with Gasteiger partial charge in [-0.1, -0.05) is 35.5 Å². The number of anilines is 1. The molecule has 0 aliphatic rings. The smallest absolute Gasteiger partial charge is 0.320 e. The SMILES string of the molecule is Cc1noc([C@@H](NC(=O)Nc2ccncc2)c2ccccc2)n1. The van der Waals surface area contributed by atoms with Crippen LogP contribution in [-0.2, 0) is 0 Å². The lowest BCUT2D eigenvalue weighted by Crippen LogP contribution is -2.33. The van der Waals surface area contributed by atoms with Crippen molar-refractivity contribution >= 4 is 11.7 Å². The Labute approximate surface area is 132 Å². The lowest BCUT2D eigenvalue weighted by Gasteiger charge is -2.16. The number of benzene rings is 1. The molecule has 0 radical (unpaired) electrons. The van der Waals surface area contributed by atoms with Crippen LogP contribution in [0.25, 0.3) is 0 Å². The largest absolute Gasteiger partial charge is 0.337 e. The monoisotopic (exact) mass is 309 g/mol. The first-order valence-corrected chi connectivity index (χ1v) is 7.05. The third kappa shape index (κ3) is 3.70. The number of aromatic nitrogens is 3. The summed E-state index contributed by atoms with van der Waals surface area (Å²) >= 11 is 0. The number of hydrogen-bond acceptors (Lipinski definition) is 5. The average molecular weight is 309 g/mol. The van der Waals surface area contributed by atoms with Crippen LogP contribution >= 0.6 is 0 Å². The highest BCUT2D eigenvalue weighted by Crippen LogP contribution is 2.20. The summed E-state index contributed by atoms with van der Waals surface area (Å²) in [5.41, 5.74) is 1.49. The maximum absolute atomic E-state index is 12.2. The molecule has 0 aliphatic heterocycles. The van der Waals surface area contributed by atoms with Crippen LogP contribution in [0.5, 0.6) is 0 Å². The van der Waals surface area contributed by atoms with E-state index in [2.05, 4.69) is 25.8 Å². The van der Waals surface area contributed by atoms with E-state index in [9.17, 15) is 4.79 Å². The predicted molar refractivity (Wildman–Crippen MR) is 83.7 cm³/mol. The molecule has 7 nitrogen and oxygen atoms in total. The minimum atomic E-state index is -0.528. The minimum absolute atomic E-state index is 0.332. The molecule has 0 bridgehead atoms. The standard InChI is InChI=1S/C16H15N5O2/c1-11-18-15(23-21-11)14(12-5-3-2-4-6-12)20-16(22)19-13-7-9-17-10-8-13/h2-10,14H,1H3,(H2,17,19,20,22)/t14-/m0/s1. The lowest BCUT2D eigenvalue weighted by atomic mass is 10.1. The average Bonchev–Trinajstić information content (AvgIpc) is 3.00. The molecule has 0 saturated carbocycles. The second-order valence-corrected chi connectivity index (χ2v) is 4.86. The Morgan fingerprint density at radius 2 is 1.87 bits per heavy atom. The number of hydrogen-bond donors (Lipinski definition) is 2. The second-order valence-electron chi connectivity index (χ2n) is 4.86. The topological polar surface area (TPSA) is 92.9 Å². The second kappa shape index (κ2) is 6.69. The van der Waals surface area contributed by atoms with E-state index in [-0.39, 0.29) is 6.03 Å². The van der Waals surface area contributed by atoms with Crippen LogP contribution in [-0.4, -0.2) is 21.2 Å². The number of aryl methyl sites for hydroxylation is 1. The highest BCUT2D eigenvalue weighted by atomic mass is 16.5. The first-order chi connectivity index (χ1) is 11.2. The Morgan fingerprint density at radius 1 is 1.13 bits per heavy atom. The molecule has 2 heterocycles. The highest BCUT2D eigenvalue weighted by Gasteiger charge is 2.22. The fourth-order valence-electron chi connectivity index (χ4n) is 2.10. The summed E-state index contributed by atoms with van der Waals surface area (Å²) in [6, 6.07) is 11.9. The van der Waals surface area contributed by atoms with E-state index in [0.717, 1.165) is 5.56 Å². The van der Waals surface area contributed by atoms with Crippen LogP contribution < -0.4 is 10.6 Å². The molecule has 0 aliphatic carbocycles. The van der Waals surface area contributed by atoms with Gasteiger partial charge >= 0.3 is 6.03 Å². The van der Waals surface area contributed by atoms with Crippen molar-refractivity contribution in [2.24, 2.45) is 0 Å². The third-order valence-electron chi connectivity index (χ3n) is 3.14. The Balaban J connectivity index is 1.80. The highest BCUT2D eigenvalue weighted by molar-refractivity contribution is 5.89. The van der Waals surface area contributed by atoms with Gasteiger partial charge in [0.2, 0.25) is 0 Å². The maximum Gasteiger partial charge on any atom is 0.320 e. The van der Waals surface area contributed by atoms with Gasteiger partial charge in [0.1, 0.15) is 6.04 Å². The van der Waals surface area contributed by atoms with Crippen LogP contribution in [0.4, 0.5) is 10.5 Å². The number of carbonyl (C=O) groups is 1. The number of rotatable bonds is 4. The van der Waals surface area contributed by atoms with Crippen molar-refractivity contribution in [3.8, 4) is 0 Å². The molecule has 3 rings (SSSR count). The van der Waals surface area contributed by atoms with Crippen molar-refractivity contribution in [3.63, 3.8) is 0 Å². The van der Waals surface area contributed by atoms with Gasteiger partial charge in [0, 0.05) is 18.1 Å². The molecule has 23 heavy (non-hydrogen) atoms. The van der Waals surface area contributed by atoms with Crippen LogP contribution in [0.3, 0.4) is 0 Å². The fraction of sp³-hybridized carbons (Fsp3) is 0.125. The summed E-state index contributed by atoms with van der Waals surface area (Å²) in [5, 5.41) is 9.37. The molecule has 1 atom stereocenters. The van der Waals surface area contributed by atoms with Crippen molar-refractivity contribution in [2.75, 3.05) is 5.32 Å². The van der Waals surface area contributed by atoms with E-state index in [1.165, 1.54) is 0 Å². The summed E-state index contributed by atoms with van der Waals surface area (Å²) in [5.74, 6) is 0.843. The number of nitrogens with one attached hydrogen (secondary N) is 2. The van der Waals surface area contributed by atoms with Gasteiger partial charge in [-0.05, 0) is 24.6 Å². The molecule has 2 amide bonds. The molecule has 0 saturated heterocycles. The Kier molecular flexibility index (Phi) is 4.28. The summed E-state index contributed by atoms with van der Waals surface area (Å²) in [6.07, 6.45) is 3.21. The molecule has 0 fully saturated rings. The molecule has 1 aromatic carbocycles. The van der Waals surface area contributed by atoms with E-state index in [1.807, 2.05) is 30.3 Å².